The Morgan fingerprint density at radius 1 is 1.21 bits per heavy atom. The maximum atomic E-state index is 12.6. The number of amides is 1. The highest BCUT2D eigenvalue weighted by Crippen LogP contribution is 2.20. The van der Waals surface area contributed by atoms with Crippen LogP contribution in [0.25, 0.3) is 11.5 Å². The van der Waals surface area contributed by atoms with Crippen molar-refractivity contribution < 1.29 is 4.79 Å². The normalized spacial score (nSPS) is 11.1. The molecule has 0 spiro atoms. The standard InChI is InChI=1S/C18H19N9O/c1-11-4-5-14(26-10-20-24-25-26)8-16(11)23-17(28)7-6-15-12(2)22-18-19-9-21-27(18)13(15)3/h4-5,8-10H,6-7H2,1-3H3,(H,23,28). The summed E-state index contributed by atoms with van der Waals surface area (Å²) in [5.41, 5.74) is 5.29. The molecule has 0 radical (unpaired) electrons. The van der Waals surface area contributed by atoms with Gasteiger partial charge in [0, 0.05) is 23.5 Å². The number of benzene rings is 1. The van der Waals surface area contributed by atoms with Crippen molar-refractivity contribution in [2.24, 2.45) is 0 Å². The first-order valence-electron chi connectivity index (χ1n) is 8.82. The van der Waals surface area contributed by atoms with Crippen molar-refractivity contribution >= 4 is 17.4 Å². The molecule has 0 fully saturated rings. The van der Waals surface area contributed by atoms with Gasteiger partial charge in [-0.15, -0.1) is 5.10 Å². The number of hydrogen-bond donors (Lipinski definition) is 1. The fourth-order valence-electron chi connectivity index (χ4n) is 3.14. The molecule has 0 aliphatic heterocycles. The summed E-state index contributed by atoms with van der Waals surface area (Å²) in [5.74, 6) is 0.493. The minimum atomic E-state index is -0.0746. The zero-order chi connectivity index (χ0) is 19.7. The molecular formula is C18H19N9O. The molecule has 1 amide bonds. The molecule has 0 saturated heterocycles. The van der Waals surface area contributed by atoms with Crippen molar-refractivity contribution in [3.8, 4) is 5.69 Å². The van der Waals surface area contributed by atoms with Crippen LogP contribution in [0, 0.1) is 20.8 Å². The fraction of sp³-hybridized carbons (Fsp3) is 0.278. The number of carbonyl (C=O) groups is 1. The molecule has 0 atom stereocenters. The predicted octanol–water partition coefficient (Wildman–Crippen LogP) is 1.60. The van der Waals surface area contributed by atoms with E-state index in [1.165, 1.54) is 12.7 Å². The molecule has 4 rings (SSSR count). The van der Waals surface area contributed by atoms with Gasteiger partial charge >= 0.3 is 0 Å². The van der Waals surface area contributed by atoms with E-state index in [9.17, 15) is 4.79 Å². The van der Waals surface area contributed by atoms with E-state index in [0.717, 1.165) is 33.9 Å². The zero-order valence-electron chi connectivity index (χ0n) is 15.8. The van der Waals surface area contributed by atoms with E-state index < -0.39 is 0 Å². The van der Waals surface area contributed by atoms with E-state index in [0.29, 0.717) is 18.6 Å². The quantitative estimate of drug-likeness (QED) is 0.561. The third-order valence-electron chi connectivity index (χ3n) is 4.70. The molecule has 0 bridgehead atoms. The van der Waals surface area contributed by atoms with Crippen molar-refractivity contribution in [1.29, 1.82) is 0 Å². The number of carbonyl (C=O) groups excluding carboxylic acids is 1. The fourth-order valence-corrected chi connectivity index (χ4v) is 3.14. The first kappa shape index (κ1) is 17.7. The van der Waals surface area contributed by atoms with Crippen LogP contribution >= 0.6 is 0 Å². The van der Waals surface area contributed by atoms with Gasteiger partial charge in [-0.2, -0.15) is 10.1 Å². The lowest BCUT2D eigenvalue weighted by Gasteiger charge is -2.12. The lowest BCUT2D eigenvalue weighted by molar-refractivity contribution is -0.116. The van der Waals surface area contributed by atoms with Gasteiger partial charge in [0.15, 0.2) is 0 Å². The second-order valence-corrected chi connectivity index (χ2v) is 6.53. The van der Waals surface area contributed by atoms with Crippen molar-refractivity contribution in [2.75, 3.05) is 5.32 Å². The number of nitrogens with one attached hydrogen (secondary N) is 1. The number of nitrogens with zero attached hydrogens (tertiary/aromatic N) is 8. The summed E-state index contributed by atoms with van der Waals surface area (Å²) in [7, 11) is 0. The number of aryl methyl sites for hydroxylation is 3. The lowest BCUT2D eigenvalue weighted by atomic mass is 10.1. The Labute approximate surface area is 160 Å². The van der Waals surface area contributed by atoms with Crippen molar-refractivity contribution in [1.82, 2.24) is 39.8 Å². The number of rotatable bonds is 5. The van der Waals surface area contributed by atoms with Crippen LogP contribution in [-0.4, -0.2) is 45.7 Å². The van der Waals surface area contributed by atoms with Gasteiger partial charge < -0.3 is 5.32 Å². The van der Waals surface area contributed by atoms with Gasteiger partial charge in [0.1, 0.15) is 12.7 Å². The van der Waals surface area contributed by atoms with Crippen LogP contribution < -0.4 is 5.32 Å². The van der Waals surface area contributed by atoms with E-state index in [4.69, 9.17) is 0 Å². The maximum Gasteiger partial charge on any atom is 0.252 e. The Hall–Kier alpha value is -3.69. The Bertz CT molecular complexity index is 1150. The molecule has 0 aliphatic rings. The van der Waals surface area contributed by atoms with Gasteiger partial charge in [0.05, 0.1) is 5.69 Å². The second kappa shape index (κ2) is 7.14. The zero-order valence-corrected chi connectivity index (χ0v) is 15.8. The summed E-state index contributed by atoms with van der Waals surface area (Å²) in [6, 6.07) is 5.67. The van der Waals surface area contributed by atoms with Gasteiger partial charge in [-0.3, -0.25) is 4.79 Å². The van der Waals surface area contributed by atoms with Gasteiger partial charge in [-0.05, 0) is 60.9 Å². The number of hydrogen-bond acceptors (Lipinski definition) is 7. The Morgan fingerprint density at radius 3 is 2.86 bits per heavy atom. The van der Waals surface area contributed by atoms with Gasteiger partial charge in [-0.1, -0.05) is 6.07 Å². The van der Waals surface area contributed by atoms with E-state index >= 15 is 0 Å². The maximum absolute atomic E-state index is 12.6. The Kier molecular flexibility index (Phi) is 4.52. The molecular weight excluding hydrogens is 358 g/mol. The van der Waals surface area contributed by atoms with Crippen molar-refractivity contribution in [3.05, 3.63) is 53.4 Å². The summed E-state index contributed by atoms with van der Waals surface area (Å²) in [6.07, 6.45) is 3.89. The first-order valence-corrected chi connectivity index (χ1v) is 8.82. The molecule has 142 valence electrons. The molecule has 3 heterocycles. The number of fused-ring (bicyclic) bond motifs is 1. The molecule has 4 aromatic rings. The van der Waals surface area contributed by atoms with E-state index in [2.05, 4.69) is 35.9 Å². The van der Waals surface area contributed by atoms with Crippen molar-refractivity contribution in [3.63, 3.8) is 0 Å². The average molecular weight is 377 g/mol. The highest BCUT2D eigenvalue weighted by atomic mass is 16.1. The Morgan fingerprint density at radius 2 is 2.07 bits per heavy atom. The summed E-state index contributed by atoms with van der Waals surface area (Å²) >= 11 is 0. The molecule has 0 unspecified atom stereocenters. The van der Waals surface area contributed by atoms with Crippen LogP contribution in [0.1, 0.15) is 28.9 Å². The van der Waals surface area contributed by atoms with Crippen molar-refractivity contribution in [2.45, 2.75) is 33.6 Å². The number of anilines is 1. The van der Waals surface area contributed by atoms with Crippen LogP contribution in [0.3, 0.4) is 0 Å². The molecule has 10 nitrogen and oxygen atoms in total. The monoisotopic (exact) mass is 377 g/mol. The third-order valence-corrected chi connectivity index (χ3v) is 4.70. The second-order valence-electron chi connectivity index (χ2n) is 6.53. The highest BCUT2D eigenvalue weighted by molar-refractivity contribution is 5.92. The summed E-state index contributed by atoms with van der Waals surface area (Å²) in [4.78, 5) is 21.1. The lowest BCUT2D eigenvalue weighted by Crippen LogP contribution is -2.15. The van der Waals surface area contributed by atoms with Gasteiger partial charge in [0.2, 0.25) is 5.91 Å². The molecule has 0 saturated carbocycles. The van der Waals surface area contributed by atoms with Crippen LogP contribution in [0.5, 0.6) is 0 Å². The molecule has 3 aromatic heterocycles. The van der Waals surface area contributed by atoms with E-state index in [1.807, 2.05) is 39.0 Å². The topological polar surface area (TPSA) is 116 Å². The largest absolute Gasteiger partial charge is 0.326 e. The first-order chi connectivity index (χ1) is 13.5. The molecule has 10 heteroatoms. The summed E-state index contributed by atoms with van der Waals surface area (Å²) in [6.45, 7) is 5.83. The SMILES string of the molecule is Cc1ccc(-n2cnnn2)cc1NC(=O)CCc1c(C)nc2ncnn2c1C. The van der Waals surface area contributed by atoms with E-state index in [1.54, 1.807) is 9.20 Å². The van der Waals surface area contributed by atoms with Crippen LogP contribution in [0.4, 0.5) is 5.69 Å². The molecule has 0 aliphatic carbocycles. The van der Waals surface area contributed by atoms with Crippen LogP contribution in [-0.2, 0) is 11.2 Å². The van der Waals surface area contributed by atoms with Gasteiger partial charge in [-0.25, -0.2) is 14.2 Å². The van der Waals surface area contributed by atoms with Gasteiger partial charge in [0.25, 0.3) is 5.78 Å². The highest BCUT2D eigenvalue weighted by Gasteiger charge is 2.13. The summed E-state index contributed by atoms with van der Waals surface area (Å²) in [5, 5.41) is 18.3. The third kappa shape index (κ3) is 3.31. The molecule has 1 N–H and O–H groups in total. The minimum Gasteiger partial charge on any atom is -0.326 e. The summed E-state index contributed by atoms with van der Waals surface area (Å²) < 4.78 is 3.24. The predicted molar refractivity (Wildman–Crippen MR) is 101 cm³/mol. The average Bonchev–Trinajstić information content (AvgIpc) is 3.35. The smallest absolute Gasteiger partial charge is 0.252 e. The minimum absolute atomic E-state index is 0.0746. The number of aromatic nitrogens is 8. The van der Waals surface area contributed by atoms with Crippen LogP contribution in [0.15, 0.2) is 30.9 Å². The molecule has 28 heavy (non-hydrogen) atoms. The Balaban J connectivity index is 1.49. The number of tetrazole rings is 1. The molecule has 1 aromatic carbocycles. The van der Waals surface area contributed by atoms with Crippen LogP contribution in [0.2, 0.25) is 0 Å². The van der Waals surface area contributed by atoms with E-state index in [-0.39, 0.29) is 5.91 Å².